The van der Waals surface area contributed by atoms with Gasteiger partial charge in [0, 0.05) is 12.6 Å². The maximum Gasteiger partial charge on any atom is 0.0303 e. The maximum atomic E-state index is 3.61. The highest BCUT2D eigenvalue weighted by molar-refractivity contribution is 7.07. The Bertz CT molecular complexity index is 491. The molecule has 1 atom stereocenters. The zero-order chi connectivity index (χ0) is 13.1. The molecule has 1 N–H and O–H groups in total. The van der Waals surface area contributed by atoms with Crippen LogP contribution in [0.1, 0.15) is 40.8 Å². The van der Waals surface area contributed by atoms with E-state index < -0.39 is 0 Å². The molecule has 0 saturated carbocycles. The molecular formula is C16H21NS. The summed E-state index contributed by atoms with van der Waals surface area (Å²) in [6, 6.07) is 7.13. The van der Waals surface area contributed by atoms with Gasteiger partial charge in [-0.25, -0.2) is 0 Å². The van der Waals surface area contributed by atoms with E-state index in [9.17, 15) is 0 Å². The summed E-state index contributed by atoms with van der Waals surface area (Å²) in [4.78, 5) is 0. The van der Waals surface area contributed by atoms with Crippen molar-refractivity contribution in [1.82, 2.24) is 5.32 Å². The van der Waals surface area contributed by atoms with Gasteiger partial charge >= 0.3 is 0 Å². The van der Waals surface area contributed by atoms with Crippen molar-refractivity contribution in [3.8, 4) is 0 Å². The van der Waals surface area contributed by atoms with Gasteiger partial charge in [0.05, 0.1) is 0 Å². The van der Waals surface area contributed by atoms with Crippen LogP contribution in [0.25, 0.3) is 0 Å². The lowest BCUT2D eigenvalue weighted by Gasteiger charge is -2.16. The number of thiophene rings is 1. The summed E-state index contributed by atoms with van der Waals surface area (Å²) in [5, 5.41) is 7.96. The first kappa shape index (κ1) is 13.3. The Morgan fingerprint density at radius 2 is 1.83 bits per heavy atom. The van der Waals surface area contributed by atoms with Crippen LogP contribution >= 0.6 is 11.3 Å². The van der Waals surface area contributed by atoms with Crippen LogP contribution in [0.5, 0.6) is 0 Å². The highest BCUT2D eigenvalue weighted by atomic mass is 32.1. The highest BCUT2D eigenvalue weighted by Gasteiger charge is 2.08. The molecule has 2 aromatic rings. The van der Waals surface area contributed by atoms with E-state index in [1.165, 1.54) is 27.8 Å². The van der Waals surface area contributed by atoms with Gasteiger partial charge in [-0.15, -0.1) is 0 Å². The second-order valence-electron chi connectivity index (χ2n) is 5.04. The molecule has 2 heteroatoms. The van der Waals surface area contributed by atoms with Crippen LogP contribution in [0.2, 0.25) is 0 Å². The lowest BCUT2D eigenvalue weighted by Crippen LogP contribution is -2.18. The van der Waals surface area contributed by atoms with Crippen LogP contribution in [0.4, 0.5) is 0 Å². The Morgan fingerprint density at radius 1 is 1.17 bits per heavy atom. The molecule has 18 heavy (non-hydrogen) atoms. The lowest BCUT2D eigenvalue weighted by atomic mass is 9.99. The van der Waals surface area contributed by atoms with E-state index in [0.29, 0.717) is 6.04 Å². The normalized spacial score (nSPS) is 12.7. The van der Waals surface area contributed by atoms with Crippen molar-refractivity contribution in [3.05, 3.63) is 56.8 Å². The van der Waals surface area contributed by atoms with E-state index in [1.54, 1.807) is 11.3 Å². The summed E-state index contributed by atoms with van der Waals surface area (Å²) < 4.78 is 0. The quantitative estimate of drug-likeness (QED) is 0.851. The Hall–Kier alpha value is -1.12. The van der Waals surface area contributed by atoms with Crippen LogP contribution in [0, 0.1) is 20.8 Å². The Kier molecular flexibility index (Phi) is 4.20. The molecule has 0 saturated heterocycles. The molecule has 0 spiro atoms. The van der Waals surface area contributed by atoms with Crippen molar-refractivity contribution in [1.29, 1.82) is 0 Å². The molecule has 0 aliphatic rings. The first-order valence-corrected chi connectivity index (χ1v) is 7.34. The summed E-state index contributed by atoms with van der Waals surface area (Å²) in [5.41, 5.74) is 6.93. The second-order valence-corrected chi connectivity index (χ2v) is 5.82. The van der Waals surface area contributed by atoms with Crippen LogP contribution in [-0.4, -0.2) is 0 Å². The molecule has 96 valence electrons. The van der Waals surface area contributed by atoms with Crippen molar-refractivity contribution in [2.45, 2.75) is 40.3 Å². The lowest BCUT2D eigenvalue weighted by molar-refractivity contribution is 0.573. The van der Waals surface area contributed by atoms with Crippen LogP contribution in [0.15, 0.2) is 29.0 Å². The summed E-state index contributed by atoms with van der Waals surface area (Å²) in [7, 11) is 0. The third-order valence-electron chi connectivity index (χ3n) is 3.47. The smallest absolute Gasteiger partial charge is 0.0303 e. The van der Waals surface area contributed by atoms with E-state index >= 15 is 0 Å². The largest absolute Gasteiger partial charge is 0.306 e. The maximum absolute atomic E-state index is 3.61. The molecule has 0 fully saturated rings. The fourth-order valence-electron chi connectivity index (χ4n) is 2.38. The molecule has 0 aliphatic heterocycles. The van der Waals surface area contributed by atoms with E-state index in [0.717, 1.165) is 6.54 Å². The van der Waals surface area contributed by atoms with Crippen molar-refractivity contribution in [3.63, 3.8) is 0 Å². The van der Waals surface area contributed by atoms with Gasteiger partial charge in [-0.3, -0.25) is 0 Å². The third-order valence-corrected chi connectivity index (χ3v) is 4.17. The number of rotatable bonds is 4. The summed E-state index contributed by atoms with van der Waals surface area (Å²) in [6.45, 7) is 9.72. The Balaban J connectivity index is 2.07. The predicted octanol–water partition coefficient (Wildman–Crippen LogP) is 4.52. The first-order valence-electron chi connectivity index (χ1n) is 6.40. The summed E-state index contributed by atoms with van der Waals surface area (Å²) >= 11 is 1.76. The van der Waals surface area contributed by atoms with Crippen molar-refractivity contribution < 1.29 is 0 Å². The van der Waals surface area contributed by atoms with Crippen LogP contribution < -0.4 is 5.32 Å². The molecule has 0 bridgehead atoms. The van der Waals surface area contributed by atoms with Gasteiger partial charge in [-0.1, -0.05) is 17.7 Å². The molecule has 1 heterocycles. The fourth-order valence-corrected chi connectivity index (χ4v) is 3.14. The van der Waals surface area contributed by atoms with Crippen molar-refractivity contribution in [2.75, 3.05) is 0 Å². The van der Waals surface area contributed by atoms with Gasteiger partial charge in [0.2, 0.25) is 0 Å². The molecular weight excluding hydrogens is 238 g/mol. The van der Waals surface area contributed by atoms with Gasteiger partial charge in [-0.2, -0.15) is 11.3 Å². The predicted molar refractivity (Wildman–Crippen MR) is 80.2 cm³/mol. The van der Waals surface area contributed by atoms with E-state index in [1.807, 2.05) is 0 Å². The molecule has 0 aliphatic carbocycles. The van der Waals surface area contributed by atoms with Gasteiger partial charge in [0.15, 0.2) is 0 Å². The molecule has 2 rings (SSSR count). The topological polar surface area (TPSA) is 12.0 Å². The van der Waals surface area contributed by atoms with Gasteiger partial charge in [0.1, 0.15) is 0 Å². The highest BCUT2D eigenvalue weighted by Crippen LogP contribution is 2.19. The first-order chi connectivity index (χ1) is 8.58. The van der Waals surface area contributed by atoms with E-state index in [4.69, 9.17) is 0 Å². The number of hydrogen-bond acceptors (Lipinski definition) is 2. The number of hydrogen-bond donors (Lipinski definition) is 1. The molecule has 1 unspecified atom stereocenters. The average Bonchev–Trinajstić information content (AvgIpc) is 2.80. The zero-order valence-corrected chi connectivity index (χ0v) is 12.4. The van der Waals surface area contributed by atoms with Crippen molar-refractivity contribution >= 4 is 11.3 Å². The number of benzene rings is 1. The standard InChI is InChI=1S/C16H21NS/c1-11-7-12(2)16(13(3)8-11)9-17-14(4)15-5-6-18-10-15/h5-8,10,14,17H,9H2,1-4H3. The van der Waals surface area contributed by atoms with E-state index in [2.05, 4.69) is 62.0 Å². The minimum absolute atomic E-state index is 0.413. The second kappa shape index (κ2) is 5.68. The summed E-state index contributed by atoms with van der Waals surface area (Å²) in [5.74, 6) is 0. The molecule has 1 aromatic heterocycles. The monoisotopic (exact) mass is 259 g/mol. The number of aryl methyl sites for hydroxylation is 3. The molecule has 0 amide bonds. The van der Waals surface area contributed by atoms with E-state index in [-0.39, 0.29) is 0 Å². The van der Waals surface area contributed by atoms with Gasteiger partial charge < -0.3 is 5.32 Å². The van der Waals surface area contributed by atoms with Gasteiger partial charge in [-0.05, 0) is 66.8 Å². The van der Waals surface area contributed by atoms with Crippen molar-refractivity contribution in [2.24, 2.45) is 0 Å². The Labute approximate surface area is 114 Å². The summed E-state index contributed by atoms with van der Waals surface area (Å²) in [6.07, 6.45) is 0. The fraction of sp³-hybridized carbons (Fsp3) is 0.375. The Morgan fingerprint density at radius 3 is 2.39 bits per heavy atom. The SMILES string of the molecule is Cc1cc(C)c(CNC(C)c2ccsc2)c(C)c1. The average molecular weight is 259 g/mol. The van der Waals surface area contributed by atoms with Gasteiger partial charge in [0.25, 0.3) is 0 Å². The zero-order valence-electron chi connectivity index (χ0n) is 11.6. The van der Waals surface area contributed by atoms with Crippen LogP contribution in [-0.2, 0) is 6.54 Å². The third kappa shape index (κ3) is 3.01. The van der Waals surface area contributed by atoms with Crippen LogP contribution in [0.3, 0.4) is 0 Å². The minimum Gasteiger partial charge on any atom is -0.306 e. The molecule has 1 nitrogen and oxygen atoms in total. The number of nitrogens with one attached hydrogen (secondary N) is 1. The molecule has 0 radical (unpaired) electrons. The minimum atomic E-state index is 0.413. The molecule has 1 aromatic carbocycles.